The van der Waals surface area contributed by atoms with Gasteiger partial charge in [-0.25, -0.2) is 4.79 Å². The first kappa shape index (κ1) is 18.9. The van der Waals surface area contributed by atoms with Gasteiger partial charge >= 0.3 is 18.0 Å². The molecule has 0 aromatic carbocycles. The molecule has 0 radical (unpaired) electrons. The molecule has 0 saturated carbocycles. The van der Waals surface area contributed by atoms with E-state index in [2.05, 4.69) is 10.1 Å². The van der Waals surface area contributed by atoms with E-state index in [9.17, 15) is 19.2 Å². The summed E-state index contributed by atoms with van der Waals surface area (Å²) < 4.78 is 4.47. The molecule has 0 aliphatic carbocycles. The van der Waals surface area contributed by atoms with Crippen LogP contribution < -0.4 is 5.32 Å². The van der Waals surface area contributed by atoms with Gasteiger partial charge in [-0.2, -0.15) is 0 Å². The summed E-state index contributed by atoms with van der Waals surface area (Å²) in [5.74, 6) is -2.47. The van der Waals surface area contributed by atoms with Crippen molar-refractivity contribution in [3.05, 3.63) is 0 Å². The molecule has 3 amide bonds. The summed E-state index contributed by atoms with van der Waals surface area (Å²) >= 11 is 0. The van der Waals surface area contributed by atoms with E-state index in [-0.39, 0.29) is 19.0 Å². The summed E-state index contributed by atoms with van der Waals surface area (Å²) in [6.45, 7) is 5.82. The number of esters is 1. The summed E-state index contributed by atoms with van der Waals surface area (Å²) in [6.07, 6.45) is -0.349. The third-order valence-electron chi connectivity index (χ3n) is 2.84. The Labute approximate surface area is 123 Å². The van der Waals surface area contributed by atoms with Gasteiger partial charge in [0, 0.05) is 12.5 Å². The van der Waals surface area contributed by atoms with Gasteiger partial charge in [0.2, 0.25) is 5.91 Å². The van der Waals surface area contributed by atoms with Crippen molar-refractivity contribution in [2.45, 2.75) is 40.2 Å². The normalized spacial score (nSPS) is 11.0. The fraction of sp³-hybridized carbons (Fsp3) is 0.692. The molecule has 0 spiro atoms. The highest BCUT2D eigenvalue weighted by molar-refractivity contribution is 5.97. The summed E-state index contributed by atoms with van der Waals surface area (Å²) in [5.41, 5.74) is -1.28. The number of carboxylic acid groups (broad SMARTS) is 1. The van der Waals surface area contributed by atoms with E-state index < -0.39 is 29.3 Å². The van der Waals surface area contributed by atoms with E-state index in [0.717, 1.165) is 4.90 Å². The zero-order valence-corrected chi connectivity index (χ0v) is 12.9. The predicted octanol–water partition coefficient (Wildman–Crippen LogP) is 0.607. The molecule has 0 saturated heterocycles. The molecule has 0 aromatic rings. The first-order valence-electron chi connectivity index (χ1n) is 6.42. The lowest BCUT2D eigenvalue weighted by Crippen LogP contribution is -2.49. The quantitative estimate of drug-likeness (QED) is 0.695. The number of carboxylic acids is 1. The molecule has 8 heteroatoms. The Morgan fingerprint density at radius 2 is 1.76 bits per heavy atom. The minimum atomic E-state index is -1.28. The second-order valence-corrected chi connectivity index (χ2v) is 5.52. The van der Waals surface area contributed by atoms with Crippen molar-refractivity contribution in [2.24, 2.45) is 5.41 Å². The molecule has 0 atom stereocenters. The number of methoxy groups -OCH3 is 1. The largest absolute Gasteiger partial charge is 0.481 e. The van der Waals surface area contributed by atoms with Gasteiger partial charge in [0.15, 0.2) is 0 Å². The van der Waals surface area contributed by atoms with Gasteiger partial charge in [0.05, 0.1) is 12.5 Å². The predicted molar refractivity (Wildman–Crippen MR) is 73.4 cm³/mol. The number of hydrogen-bond donors (Lipinski definition) is 2. The first-order valence-corrected chi connectivity index (χ1v) is 6.42. The monoisotopic (exact) mass is 302 g/mol. The maximum Gasteiger partial charge on any atom is 0.325 e. The average molecular weight is 302 g/mol. The molecule has 0 aromatic heterocycles. The van der Waals surface area contributed by atoms with E-state index >= 15 is 0 Å². The number of hydrogen-bond acceptors (Lipinski definition) is 5. The maximum absolute atomic E-state index is 11.9. The zero-order valence-electron chi connectivity index (χ0n) is 12.9. The minimum Gasteiger partial charge on any atom is -0.481 e. The molecule has 21 heavy (non-hydrogen) atoms. The van der Waals surface area contributed by atoms with Crippen molar-refractivity contribution in [1.82, 2.24) is 10.2 Å². The summed E-state index contributed by atoms with van der Waals surface area (Å²) in [5, 5.41) is 11.0. The van der Waals surface area contributed by atoms with Crippen molar-refractivity contribution in [3.63, 3.8) is 0 Å². The fourth-order valence-corrected chi connectivity index (χ4v) is 1.40. The molecule has 0 aliphatic heterocycles. The summed E-state index contributed by atoms with van der Waals surface area (Å²) in [6, 6.07) is -1.09. The Bertz CT molecular complexity index is 430. The molecule has 2 N–H and O–H groups in total. The van der Waals surface area contributed by atoms with Crippen molar-refractivity contribution in [2.75, 3.05) is 13.7 Å². The van der Waals surface area contributed by atoms with E-state index in [4.69, 9.17) is 5.11 Å². The Morgan fingerprint density at radius 3 is 2.14 bits per heavy atom. The van der Waals surface area contributed by atoms with Gasteiger partial charge in [-0.1, -0.05) is 0 Å². The average Bonchev–Trinajstić information content (AvgIpc) is 2.33. The molecule has 0 bridgehead atoms. The number of amides is 3. The molecule has 0 unspecified atom stereocenters. The number of rotatable bonds is 6. The number of aliphatic carboxylic acids is 1. The number of urea groups is 1. The topological polar surface area (TPSA) is 113 Å². The number of ether oxygens (including phenoxy) is 1. The third-order valence-corrected chi connectivity index (χ3v) is 2.84. The maximum atomic E-state index is 11.9. The van der Waals surface area contributed by atoms with Crippen LogP contribution in [0.3, 0.4) is 0 Å². The van der Waals surface area contributed by atoms with Crippen LogP contribution in [-0.4, -0.2) is 53.6 Å². The lowest BCUT2D eigenvalue weighted by molar-refractivity contribution is -0.149. The van der Waals surface area contributed by atoms with Crippen molar-refractivity contribution in [1.29, 1.82) is 0 Å². The van der Waals surface area contributed by atoms with E-state index in [1.807, 2.05) is 0 Å². The van der Waals surface area contributed by atoms with Gasteiger partial charge in [0.25, 0.3) is 0 Å². The van der Waals surface area contributed by atoms with Gasteiger partial charge in [0.1, 0.15) is 6.54 Å². The van der Waals surface area contributed by atoms with E-state index in [1.165, 1.54) is 21.0 Å². The molecule has 0 heterocycles. The first-order chi connectivity index (χ1) is 9.51. The Hall–Kier alpha value is -2.12. The Kier molecular flexibility index (Phi) is 6.84. The molecule has 0 aliphatic rings. The standard InChI is InChI=1S/C13H22N2O6/c1-8(2)15(7-10(17)21-5)12(20)14-9(16)6-13(3,4)11(18)19/h8H,6-7H2,1-5H3,(H,18,19)(H,14,16,20). The number of carbonyl (C=O) groups excluding carboxylic acids is 3. The third kappa shape index (κ3) is 6.24. The molecule has 8 nitrogen and oxygen atoms in total. The van der Waals surface area contributed by atoms with Crippen molar-refractivity contribution in [3.8, 4) is 0 Å². The van der Waals surface area contributed by atoms with Gasteiger partial charge in [-0.15, -0.1) is 0 Å². The molecule has 120 valence electrons. The van der Waals surface area contributed by atoms with Crippen molar-refractivity contribution >= 4 is 23.9 Å². The van der Waals surface area contributed by atoms with Crippen LogP contribution in [0.1, 0.15) is 34.1 Å². The van der Waals surface area contributed by atoms with Crippen LogP contribution in [-0.2, 0) is 19.1 Å². The number of carbonyl (C=O) groups is 4. The highest BCUT2D eigenvalue weighted by Crippen LogP contribution is 2.20. The molecular weight excluding hydrogens is 280 g/mol. The minimum absolute atomic E-state index is 0.296. The molecule has 0 rings (SSSR count). The van der Waals surface area contributed by atoms with E-state index in [0.29, 0.717) is 0 Å². The zero-order chi connectivity index (χ0) is 16.8. The highest BCUT2D eigenvalue weighted by atomic mass is 16.5. The molecular formula is C13H22N2O6. The Morgan fingerprint density at radius 1 is 1.24 bits per heavy atom. The van der Waals surface area contributed by atoms with Crippen LogP contribution in [0.25, 0.3) is 0 Å². The molecule has 0 fully saturated rings. The van der Waals surface area contributed by atoms with Crippen LogP contribution in [0.15, 0.2) is 0 Å². The lowest BCUT2D eigenvalue weighted by atomic mass is 9.89. The fourth-order valence-electron chi connectivity index (χ4n) is 1.40. The SMILES string of the molecule is COC(=O)CN(C(=O)NC(=O)CC(C)(C)C(=O)O)C(C)C. The van der Waals surface area contributed by atoms with Gasteiger partial charge < -0.3 is 14.7 Å². The lowest BCUT2D eigenvalue weighted by Gasteiger charge is -2.26. The van der Waals surface area contributed by atoms with E-state index in [1.54, 1.807) is 13.8 Å². The number of imide groups is 1. The van der Waals surface area contributed by atoms with Crippen LogP contribution in [0.5, 0.6) is 0 Å². The van der Waals surface area contributed by atoms with Crippen LogP contribution in [0.4, 0.5) is 4.79 Å². The Balaban J connectivity index is 4.73. The highest BCUT2D eigenvalue weighted by Gasteiger charge is 2.31. The smallest absolute Gasteiger partial charge is 0.325 e. The van der Waals surface area contributed by atoms with Gasteiger partial charge in [-0.05, 0) is 27.7 Å². The van der Waals surface area contributed by atoms with Crippen LogP contribution in [0.2, 0.25) is 0 Å². The summed E-state index contributed by atoms with van der Waals surface area (Å²) in [4.78, 5) is 46.9. The summed E-state index contributed by atoms with van der Waals surface area (Å²) in [7, 11) is 1.19. The number of nitrogens with one attached hydrogen (secondary N) is 1. The van der Waals surface area contributed by atoms with Crippen molar-refractivity contribution < 1.29 is 29.0 Å². The second-order valence-electron chi connectivity index (χ2n) is 5.52. The second kappa shape index (κ2) is 7.61. The van der Waals surface area contributed by atoms with Crippen LogP contribution >= 0.6 is 0 Å². The number of nitrogens with zero attached hydrogens (tertiary/aromatic N) is 1. The van der Waals surface area contributed by atoms with Gasteiger partial charge in [-0.3, -0.25) is 19.7 Å². The van der Waals surface area contributed by atoms with Crippen LogP contribution in [0, 0.1) is 5.41 Å².